The van der Waals surface area contributed by atoms with Crippen molar-refractivity contribution in [3.8, 4) is 0 Å². The third-order valence-electron chi connectivity index (χ3n) is 4.42. The Labute approximate surface area is 172 Å². The maximum absolute atomic E-state index is 12.9. The van der Waals surface area contributed by atoms with Gasteiger partial charge in [-0.1, -0.05) is 23.7 Å². The van der Waals surface area contributed by atoms with E-state index in [9.17, 15) is 18.0 Å². The van der Waals surface area contributed by atoms with E-state index in [1.54, 1.807) is 0 Å². The fourth-order valence-electron chi connectivity index (χ4n) is 2.95. The predicted molar refractivity (Wildman–Crippen MR) is 111 cm³/mol. The molecule has 4 nitrogen and oxygen atoms in total. The Morgan fingerprint density at radius 1 is 1.17 bits per heavy atom. The number of thiophene rings is 1. The van der Waals surface area contributed by atoms with Gasteiger partial charge in [-0.15, -0.1) is 11.3 Å². The molecule has 29 heavy (non-hydrogen) atoms. The summed E-state index contributed by atoms with van der Waals surface area (Å²) in [6, 6.07) is 10.4. The van der Waals surface area contributed by atoms with Crippen LogP contribution in [0.4, 0.5) is 24.5 Å². The Morgan fingerprint density at radius 3 is 2.66 bits per heavy atom. The molecular weight excluding hydrogens is 423 g/mol. The Bertz CT molecular complexity index is 1280. The average Bonchev–Trinajstić information content (AvgIpc) is 2.96. The van der Waals surface area contributed by atoms with Gasteiger partial charge >= 0.3 is 6.18 Å². The van der Waals surface area contributed by atoms with Gasteiger partial charge in [-0.2, -0.15) is 13.2 Å². The largest absolute Gasteiger partial charge is 0.416 e. The quantitative estimate of drug-likeness (QED) is 0.390. The molecule has 0 aliphatic carbocycles. The fourth-order valence-corrected chi connectivity index (χ4v) is 4.09. The zero-order valence-corrected chi connectivity index (χ0v) is 16.5. The number of nitrogens with two attached hydrogens (primary N) is 1. The minimum atomic E-state index is -4.55. The number of benzene rings is 2. The summed E-state index contributed by atoms with van der Waals surface area (Å²) in [5.74, 6) is -0.646. The van der Waals surface area contributed by atoms with Crippen LogP contribution >= 0.6 is 22.9 Å². The van der Waals surface area contributed by atoms with E-state index >= 15 is 0 Å². The van der Waals surface area contributed by atoms with Gasteiger partial charge in [0.2, 0.25) is 0 Å². The van der Waals surface area contributed by atoms with Crippen LogP contribution in [-0.2, 0) is 6.18 Å². The summed E-state index contributed by atoms with van der Waals surface area (Å²) in [6.07, 6.45) is -4.55. The number of amides is 1. The number of carbonyl (C=O) groups excluding carboxylic acids is 1. The maximum atomic E-state index is 12.9. The first-order valence-electron chi connectivity index (χ1n) is 8.41. The number of nitrogens with one attached hydrogen (secondary N) is 1. The molecule has 0 spiro atoms. The Morgan fingerprint density at radius 2 is 1.93 bits per heavy atom. The number of anilines is 2. The lowest BCUT2D eigenvalue weighted by Crippen LogP contribution is -2.13. The van der Waals surface area contributed by atoms with Crippen LogP contribution in [0.1, 0.15) is 20.8 Å². The first-order valence-corrected chi connectivity index (χ1v) is 9.60. The van der Waals surface area contributed by atoms with E-state index in [0.717, 1.165) is 46.0 Å². The Hall–Kier alpha value is -2.84. The van der Waals surface area contributed by atoms with Gasteiger partial charge in [-0.25, -0.2) is 4.98 Å². The van der Waals surface area contributed by atoms with Crippen molar-refractivity contribution in [3.05, 3.63) is 63.5 Å². The fraction of sp³-hybridized carbons (Fsp3) is 0.100. The first kappa shape index (κ1) is 19.5. The van der Waals surface area contributed by atoms with Crippen molar-refractivity contribution in [3.63, 3.8) is 0 Å². The molecule has 0 saturated carbocycles. The molecule has 4 rings (SSSR count). The van der Waals surface area contributed by atoms with Crippen LogP contribution in [0.25, 0.3) is 21.1 Å². The summed E-state index contributed by atoms with van der Waals surface area (Å²) in [7, 11) is 0. The number of alkyl halides is 3. The second kappa shape index (κ2) is 6.89. The highest BCUT2D eigenvalue weighted by Gasteiger charge is 2.31. The van der Waals surface area contributed by atoms with Crippen LogP contribution in [0.2, 0.25) is 5.02 Å². The number of carbonyl (C=O) groups is 1. The summed E-state index contributed by atoms with van der Waals surface area (Å²) in [5, 5.41) is 3.91. The van der Waals surface area contributed by atoms with Gasteiger partial charge in [0, 0.05) is 10.8 Å². The van der Waals surface area contributed by atoms with Crippen LogP contribution < -0.4 is 11.1 Å². The lowest BCUT2D eigenvalue weighted by atomic mass is 10.1. The van der Waals surface area contributed by atoms with Crippen molar-refractivity contribution in [1.82, 2.24) is 4.98 Å². The molecule has 148 valence electrons. The smallest absolute Gasteiger partial charge is 0.397 e. The molecule has 0 aliphatic heterocycles. The van der Waals surface area contributed by atoms with Gasteiger partial charge in [-0.05, 0) is 42.8 Å². The second-order valence-corrected chi connectivity index (χ2v) is 7.93. The van der Waals surface area contributed by atoms with Crippen LogP contribution in [0.15, 0.2) is 42.5 Å². The molecule has 0 fully saturated rings. The van der Waals surface area contributed by atoms with Crippen LogP contribution in [0.3, 0.4) is 0 Å². The molecule has 3 N–H and O–H groups in total. The summed E-state index contributed by atoms with van der Waals surface area (Å²) < 4.78 is 38.8. The molecule has 0 saturated heterocycles. The lowest BCUT2D eigenvalue weighted by molar-refractivity contribution is -0.137. The van der Waals surface area contributed by atoms with Crippen molar-refractivity contribution in [2.45, 2.75) is 13.1 Å². The highest BCUT2D eigenvalue weighted by molar-refractivity contribution is 7.21. The number of aromatic nitrogens is 1. The van der Waals surface area contributed by atoms with E-state index in [-0.39, 0.29) is 21.3 Å². The minimum absolute atomic E-state index is 0.00892. The molecule has 0 atom stereocenters. The number of hydrogen-bond acceptors (Lipinski definition) is 4. The monoisotopic (exact) mass is 435 g/mol. The Kier molecular flexibility index (Phi) is 4.63. The number of fused-ring (bicyclic) bond motifs is 2. The zero-order valence-electron chi connectivity index (χ0n) is 14.9. The topological polar surface area (TPSA) is 68.0 Å². The second-order valence-electron chi connectivity index (χ2n) is 6.53. The molecular formula is C20H13ClF3N3OS. The van der Waals surface area contributed by atoms with E-state index in [4.69, 9.17) is 17.3 Å². The highest BCUT2D eigenvalue weighted by atomic mass is 35.5. The van der Waals surface area contributed by atoms with Gasteiger partial charge in [0.15, 0.2) is 0 Å². The van der Waals surface area contributed by atoms with Crippen molar-refractivity contribution in [1.29, 1.82) is 0 Å². The van der Waals surface area contributed by atoms with E-state index < -0.39 is 17.6 Å². The third-order valence-corrected chi connectivity index (χ3v) is 5.86. The molecule has 2 aromatic heterocycles. The lowest BCUT2D eigenvalue weighted by Gasteiger charge is -2.11. The predicted octanol–water partition coefficient (Wildman–Crippen LogP) is 6.26. The van der Waals surface area contributed by atoms with E-state index in [0.29, 0.717) is 10.2 Å². The summed E-state index contributed by atoms with van der Waals surface area (Å²) in [5.41, 5.74) is 7.13. The number of hydrogen-bond donors (Lipinski definition) is 2. The Balaban J connectivity index is 1.74. The molecule has 0 unspecified atom stereocenters. The van der Waals surface area contributed by atoms with Gasteiger partial charge in [0.1, 0.15) is 9.71 Å². The van der Waals surface area contributed by atoms with Gasteiger partial charge in [0.05, 0.1) is 27.5 Å². The first-order chi connectivity index (χ1) is 13.6. The average molecular weight is 436 g/mol. The van der Waals surface area contributed by atoms with Gasteiger partial charge in [0.25, 0.3) is 5.91 Å². The molecule has 1 amide bonds. The minimum Gasteiger partial charge on any atom is -0.397 e. The van der Waals surface area contributed by atoms with E-state index in [2.05, 4.69) is 10.3 Å². The number of aryl methyl sites for hydroxylation is 1. The van der Waals surface area contributed by atoms with Crippen molar-refractivity contribution in [2.75, 3.05) is 11.1 Å². The van der Waals surface area contributed by atoms with E-state index in [1.807, 2.05) is 31.2 Å². The summed E-state index contributed by atoms with van der Waals surface area (Å²) >= 11 is 7.03. The third kappa shape index (κ3) is 3.61. The van der Waals surface area contributed by atoms with Gasteiger partial charge in [-0.3, -0.25) is 4.79 Å². The molecule has 0 aliphatic rings. The summed E-state index contributed by atoms with van der Waals surface area (Å²) in [4.78, 5) is 18.0. The van der Waals surface area contributed by atoms with Gasteiger partial charge < -0.3 is 11.1 Å². The van der Waals surface area contributed by atoms with E-state index in [1.165, 1.54) is 0 Å². The SMILES string of the molecule is Cc1ccc2cc3c(N)c(C(=O)Nc4cc(C(F)(F)F)ccc4Cl)sc3nc2c1. The summed E-state index contributed by atoms with van der Waals surface area (Å²) in [6.45, 7) is 1.95. The number of pyridine rings is 1. The number of nitrogens with zero attached hydrogens (tertiary/aromatic N) is 1. The van der Waals surface area contributed by atoms with Crippen LogP contribution in [-0.4, -0.2) is 10.9 Å². The number of halogens is 4. The highest BCUT2D eigenvalue weighted by Crippen LogP contribution is 2.37. The number of rotatable bonds is 2. The maximum Gasteiger partial charge on any atom is 0.416 e. The molecule has 2 aromatic carbocycles. The standard InChI is InChI=1S/C20H13ClF3N3OS/c1-9-2-3-10-7-12-16(25)17(29-19(12)27-14(10)6-9)18(28)26-15-8-11(20(22,23)24)4-5-13(15)21/h2-8H,25H2,1H3,(H,26,28). The molecule has 9 heteroatoms. The van der Waals surface area contributed by atoms with Crippen molar-refractivity contribution >= 4 is 61.3 Å². The number of nitrogen functional groups attached to an aromatic ring is 1. The molecule has 4 aromatic rings. The van der Waals surface area contributed by atoms with Crippen molar-refractivity contribution in [2.24, 2.45) is 0 Å². The van der Waals surface area contributed by atoms with Crippen LogP contribution in [0, 0.1) is 6.92 Å². The van der Waals surface area contributed by atoms with Crippen LogP contribution in [0.5, 0.6) is 0 Å². The van der Waals surface area contributed by atoms with Crippen molar-refractivity contribution < 1.29 is 18.0 Å². The normalized spacial score (nSPS) is 11.9. The molecule has 0 bridgehead atoms. The zero-order chi connectivity index (χ0) is 20.9. The molecule has 0 radical (unpaired) electrons. The molecule has 2 heterocycles.